The molecular formula is C49H51BrN4O6Si. The molecule has 0 aliphatic carbocycles. The summed E-state index contributed by atoms with van der Waals surface area (Å²) in [5.41, 5.74) is 4.31. The van der Waals surface area contributed by atoms with Crippen molar-refractivity contribution in [2.75, 3.05) is 30.5 Å². The number of aromatic nitrogens is 1. The van der Waals surface area contributed by atoms with Crippen molar-refractivity contribution >= 4 is 69.2 Å². The van der Waals surface area contributed by atoms with Gasteiger partial charge in [0.2, 0.25) is 11.8 Å². The number of para-hydroxylation sites is 1. The van der Waals surface area contributed by atoms with E-state index in [0.29, 0.717) is 12.2 Å². The fourth-order valence-corrected chi connectivity index (χ4v) is 14.1. The second kappa shape index (κ2) is 17.4. The van der Waals surface area contributed by atoms with Crippen LogP contribution in [0.25, 0.3) is 10.9 Å². The monoisotopic (exact) mass is 898 g/mol. The van der Waals surface area contributed by atoms with E-state index in [9.17, 15) is 14.7 Å². The number of H-pyrrole nitrogens is 1. The molecule has 6 aromatic rings. The lowest BCUT2D eigenvalue weighted by Gasteiger charge is -2.37. The predicted molar refractivity (Wildman–Crippen MR) is 246 cm³/mol. The van der Waals surface area contributed by atoms with Crippen molar-refractivity contribution in [3.05, 3.63) is 154 Å². The average molecular weight is 900 g/mol. The zero-order chi connectivity index (χ0) is 42.9. The highest BCUT2D eigenvalue weighted by molar-refractivity contribution is 9.10. The summed E-state index contributed by atoms with van der Waals surface area (Å²) in [6.45, 7) is 7.29. The van der Waals surface area contributed by atoms with E-state index in [2.05, 4.69) is 58.4 Å². The first-order valence-electron chi connectivity index (χ1n) is 20.7. The van der Waals surface area contributed by atoms with Crippen LogP contribution < -0.4 is 20.1 Å². The third-order valence-electron chi connectivity index (χ3n) is 12.7. The Hall–Kier alpha value is -5.53. The summed E-state index contributed by atoms with van der Waals surface area (Å²) in [4.78, 5) is 49.9. The minimum Gasteiger partial charge on any atom is -0.497 e. The van der Waals surface area contributed by atoms with Gasteiger partial charge in [-0.2, -0.15) is 0 Å². The Morgan fingerprint density at radius 3 is 2.44 bits per heavy atom. The maximum absolute atomic E-state index is 15.4. The second-order valence-corrected chi connectivity index (χ2v) is 22.3. The van der Waals surface area contributed by atoms with Crippen LogP contribution in [0.4, 0.5) is 11.4 Å². The van der Waals surface area contributed by atoms with E-state index in [1.807, 2.05) is 115 Å². The van der Waals surface area contributed by atoms with Gasteiger partial charge in [0.1, 0.15) is 5.75 Å². The van der Waals surface area contributed by atoms with Gasteiger partial charge in [-0.05, 0) is 70.8 Å². The number of nitrogens with zero attached hydrogens (tertiary/aromatic N) is 2. The number of rotatable bonds is 14. The number of benzene rings is 5. The highest BCUT2D eigenvalue weighted by atomic mass is 79.9. The van der Waals surface area contributed by atoms with Crippen LogP contribution in [-0.2, 0) is 44.2 Å². The zero-order valence-corrected chi connectivity index (χ0v) is 37.4. The van der Waals surface area contributed by atoms with E-state index < -0.39 is 19.8 Å². The summed E-state index contributed by atoms with van der Waals surface area (Å²) < 4.78 is 13.6. The summed E-state index contributed by atoms with van der Waals surface area (Å²) in [6.07, 6.45) is 1.53. The molecule has 1 fully saturated rings. The molecule has 61 heavy (non-hydrogen) atoms. The van der Waals surface area contributed by atoms with Gasteiger partial charge in [0.25, 0.3) is 5.91 Å². The molecule has 2 aliphatic heterocycles. The quantitative estimate of drug-likeness (QED) is 0.0947. The lowest BCUT2D eigenvalue weighted by molar-refractivity contribution is -0.150. The normalized spacial score (nSPS) is 19.7. The number of aliphatic hydroxyl groups is 1. The first-order valence-corrected chi connectivity index (χ1v) is 24.6. The molecule has 8 rings (SSSR count). The maximum Gasteiger partial charge on any atom is 0.264 e. The lowest BCUT2D eigenvalue weighted by Crippen LogP contribution is -2.52. The number of carbonyl (C=O) groups is 3. The molecule has 2 aliphatic rings. The Balaban J connectivity index is 1.11. The molecule has 12 heteroatoms. The minimum absolute atomic E-state index is 0.0487. The van der Waals surface area contributed by atoms with Gasteiger partial charge in [-0.3, -0.25) is 14.4 Å². The van der Waals surface area contributed by atoms with E-state index >= 15 is 4.79 Å². The third-order valence-corrected chi connectivity index (χ3v) is 17.5. The molecule has 0 bridgehead atoms. The molecule has 1 saturated heterocycles. The lowest BCUT2D eigenvalue weighted by atomic mass is 9.82. The maximum atomic E-state index is 15.4. The minimum atomic E-state index is -2.54. The molecule has 1 spiro atoms. The standard InChI is InChI=1S/C49H51BrN4O6Si/c1-32-47(61(3,4)39-20-18-38(59-2)19-21-39)44(28-46(57)53(23-24-55)30-33-11-6-5-7-12-33)60-49(32)41-27-36(50)17-22-43(41)54(48(49)58)31-34-13-10-14-37(25-34)52-45(56)26-35-29-51-42-16-9-8-15-40(35)42/h5-22,25,27,29,32,44,47,51,55H,23-24,26,28,30-31H2,1-4H3,(H,52,56)/t32-,44+,47-,49+/m1/s1. The third kappa shape index (κ3) is 8.17. The van der Waals surface area contributed by atoms with Gasteiger partial charge in [-0.25, -0.2) is 0 Å². The van der Waals surface area contributed by atoms with Crippen LogP contribution in [0.3, 0.4) is 0 Å². The Morgan fingerprint density at radius 2 is 1.69 bits per heavy atom. The SMILES string of the molecule is COc1ccc([Si](C)(C)[C@H]2[C@H](CC(=O)N(CCO)Cc3ccccc3)O[C@@]3(C(=O)N(Cc4cccc(NC(=O)Cc5c[nH]c6ccccc56)c4)c4ccc(Br)cc43)[C@@H]2C)cc1. The molecule has 5 aromatic carbocycles. The summed E-state index contributed by atoms with van der Waals surface area (Å²) in [5.74, 6) is -0.0329. The van der Waals surface area contributed by atoms with Crippen molar-refractivity contribution in [2.24, 2.45) is 5.92 Å². The van der Waals surface area contributed by atoms with E-state index in [4.69, 9.17) is 9.47 Å². The highest BCUT2D eigenvalue weighted by Gasteiger charge is 2.66. The van der Waals surface area contributed by atoms with Gasteiger partial charge >= 0.3 is 0 Å². The van der Waals surface area contributed by atoms with Crippen LogP contribution in [0.15, 0.2) is 132 Å². The Labute approximate surface area is 366 Å². The predicted octanol–water partition coefficient (Wildman–Crippen LogP) is 8.29. The molecular weight excluding hydrogens is 849 g/mol. The molecule has 3 N–H and O–H groups in total. The number of hydrogen-bond donors (Lipinski definition) is 3. The van der Waals surface area contributed by atoms with E-state index in [1.54, 1.807) is 16.9 Å². The fourth-order valence-electron chi connectivity index (χ4n) is 9.75. The number of nitrogens with one attached hydrogen (secondary N) is 2. The first-order chi connectivity index (χ1) is 29.4. The number of halogens is 1. The average Bonchev–Trinajstić information content (AvgIpc) is 3.87. The van der Waals surface area contributed by atoms with Crippen molar-refractivity contribution in [1.29, 1.82) is 0 Å². The van der Waals surface area contributed by atoms with E-state index in [1.165, 1.54) is 5.19 Å². The van der Waals surface area contributed by atoms with Crippen molar-refractivity contribution in [1.82, 2.24) is 9.88 Å². The largest absolute Gasteiger partial charge is 0.497 e. The smallest absolute Gasteiger partial charge is 0.264 e. The van der Waals surface area contributed by atoms with Gasteiger partial charge in [-0.1, -0.05) is 114 Å². The molecule has 3 amide bonds. The van der Waals surface area contributed by atoms with Gasteiger partial charge in [-0.15, -0.1) is 0 Å². The summed E-state index contributed by atoms with van der Waals surface area (Å²) >= 11 is 3.70. The van der Waals surface area contributed by atoms with Gasteiger partial charge in [0.15, 0.2) is 5.60 Å². The zero-order valence-electron chi connectivity index (χ0n) is 34.9. The van der Waals surface area contributed by atoms with Crippen molar-refractivity contribution in [3.8, 4) is 5.75 Å². The van der Waals surface area contributed by atoms with Crippen LogP contribution in [0.5, 0.6) is 5.75 Å². The van der Waals surface area contributed by atoms with E-state index in [0.717, 1.165) is 49.1 Å². The summed E-state index contributed by atoms with van der Waals surface area (Å²) in [6, 6.07) is 39.3. The first kappa shape index (κ1) is 42.2. The summed E-state index contributed by atoms with van der Waals surface area (Å²) in [7, 11) is -0.896. The molecule has 3 heterocycles. The second-order valence-electron chi connectivity index (χ2n) is 16.7. The molecule has 1 aromatic heterocycles. The van der Waals surface area contributed by atoms with Crippen LogP contribution in [0.2, 0.25) is 18.6 Å². The number of fused-ring (bicyclic) bond motifs is 3. The van der Waals surface area contributed by atoms with Gasteiger partial charge in [0, 0.05) is 51.8 Å². The van der Waals surface area contributed by atoms with Crippen molar-refractivity contribution < 1.29 is 29.0 Å². The molecule has 4 atom stereocenters. The molecule has 0 radical (unpaired) electrons. The number of hydrogen-bond acceptors (Lipinski definition) is 6. The summed E-state index contributed by atoms with van der Waals surface area (Å²) in [5, 5.41) is 15.3. The Morgan fingerprint density at radius 1 is 0.951 bits per heavy atom. The molecule has 0 unspecified atom stereocenters. The van der Waals surface area contributed by atoms with Gasteiger partial charge < -0.3 is 34.7 Å². The van der Waals surface area contributed by atoms with Crippen molar-refractivity contribution in [3.63, 3.8) is 0 Å². The number of amides is 3. The van der Waals surface area contributed by atoms with Crippen LogP contribution in [0, 0.1) is 5.92 Å². The number of aliphatic hydroxyl groups excluding tert-OH is 1. The van der Waals surface area contributed by atoms with Crippen LogP contribution >= 0.6 is 15.9 Å². The number of anilines is 2. The number of ether oxygens (including phenoxy) is 2. The highest BCUT2D eigenvalue weighted by Crippen LogP contribution is 2.60. The number of aromatic amines is 1. The number of carbonyl (C=O) groups excluding carboxylic acids is 3. The Kier molecular flexibility index (Phi) is 12.1. The molecule has 10 nitrogen and oxygen atoms in total. The molecule has 0 saturated carbocycles. The van der Waals surface area contributed by atoms with Gasteiger partial charge in [0.05, 0.1) is 53.0 Å². The molecule has 314 valence electrons. The fraction of sp³-hybridized carbons (Fsp3) is 0.286. The topological polar surface area (TPSA) is 124 Å². The van der Waals surface area contributed by atoms with E-state index in [-0.39, 0.29) is 61.7 Å². The Bertz CT molecular complexity index is 2560. The van der Waals surface area contributed by atoms with Crippen LogP contribution in [-0.4, -0.2) is 67.2 Å². The van der Waals surface area contributed by atoms with Crippen molar-refractivity contribution in [2.45, 2.75) is 63.2 Å². The number of methoxy groups -OCH3 is 1. The van der Waals surface area contributed by atoms with Crippen LogP contribution in [0.1, 0.15) is 35.6 Å².